The third-order valence-electron chi connectivity index (χ3n) is 6.06. The molecule has 3 heterocycles. The minimum atomic E-state index is -0.277. The predicted octanol–water partition coefficient (Wildman–Crippen LogP) is 1.75. The van der Waals surface area contributed by atoms with Gasteiger partial charge in [-0.15, -0.1) is 0 Å². The lowest BCUT2D eigenvalue weighted by Crippen LogP contribution is -2.48. The summed E-state index contributed by atoms with van der Waals surface area (Å²) in [6.45, 7) is 6.24. The molecule has 0 bridgehead atoms. The molecule has 2 fully saturated rings. The molecule has 1 aromatic carbocycles. The zero-order valence-corrected chi connectivity index (χ0v) is 16.7. The topological polar surface area (TPSA) is 62.3 Å². The number of anilines is 1. The Hall–Kier alpha value is -2.28. The van der Waals surface area contributed by atoms with Crippen molar-refractivity contribution in [2.24, 2.45) is 5.92 Å². The number of carbonyl (C=O) groups is 2. The van der Waals surface area contributed by atoms with E-state index in [1.54, 1.807) is 4.90 Å². The lowest BCUT2D eigenvalue weighted by molar-refractivity contribution is -0.138. The van der Waals surface area contributed by atoms with E-state index in [1.807, 2.05) is 30.0 Å². The molecule has 7 heteroatoms. The van der Waals surface area contributed by atoms with E-state index in [4.69, 9.17) is 9.47 Å². The molecule has 152 valence electrons. The van der Waals surface area contributed by atoms with Gasteiger partial charge in [0.2, 0.25) is 11.8 Å². The van der Waals surface area contributed by atoms with Crippen molar-refractivity contribution >= 4 is 17.5 Å². The molecule has 2 amide bonds. The molecule has 7 nitrogen and oxygen atoms in total. The number of ether oxygens (including phenoxy) is 2. The van der Waals surface area contributed by atoms with Crippen LogP contribution in [0.25, 0.3) is 0 Å². The first-order chi connectivity index (χ1) is 13.6. The van der Waals surface area contributed by atoms with E-state index in [-0.39, 0.29) is 30.2 Å². The Balaban J connectivity index is 1.45. The van der Waals surface area contributed by atoms with Gasteiger partial charge in [0.15, 0.2) is 11.5 Å². The molecule has 0 saturated carbocycles. The largest absolute Gasteiger partial charge is 0.486 e. The van der Waals surface area contributed by atoms with Crippen molar-refractivity contribution < 1.29 is 19.1 Å². The van der Waals surface area contributed by atoms with E-state index < -0.39 is 0 Å². The van der Waals surface area contributed by atoms with Crippen LogP contribution in [0.1, 0.15) is 26.2 Å². The van der Waals surface area contributed by atoms with Gasteiger partial charge in [0, 0.05) is 37.3 Å². The molecule has 0 spiro atoms. The number of benzene rings is 1. The molecular weight excluding hydrogens is 358 g/mol. The quantitative estimate of drug-likeness (QED) is 0.788. The fourth-order valence-corrected chi connectivity index (χ4v) is 4.46. The molecule has 0 aliphatic carbocycles. The number of carbonyl (C=O) groups excluding carboxylic acids is 2. The Kier molecular flexibility index (Phi) is 5.44. The van der Waals surface area contributed by atoms with Gasteiger partial charge in [0.25, 0.3) is 0 Å². The second kappa shape index (κ2) is 7.99. The van der Waals surface area contributed by atoms with Gasteiger partial charge in [-0.1, -0.05) is 0 Å². The SMILES string of the molecule is CCN(C(=O)[C@H]1CC(=O)N(c2ccc3c(c2)OCCO3)C1)C1CCN(C)CC1. The molecule has 0 radical (unpaired) electrons. The summed E-state index contributed by atoms with van der Waals surface area (Å²) < 4.78 is 11.2. The van der Waals surface area contributed by atoms with Crippen LogP contribution in [0, 0.1) is 5.92 Å². The number of hydrogen-bond donors (Lipinski definition) is 0. The monoisotopic (exact) mass is 387 g/mol. The lowest BCUT2D eigenvalue weighted by atomic mass is 10.00. The molecule has 4 rings (SSSR count). The molecule has 3 aliphatic heterocycles. The van der Waals surface area contributed by atoms with Crippen molar-refractivity contribution in [1.29, 1.82) is 0 Å². The summed E-state index contributed by atoms with van der Waals surface area (Å²) in [6.07, 6.45) is 2.28. The van der Waals surface area contributed by atoms with Crippen LogP contribution in [-0.4, -0.2) is 74.1 Å². The number of hydrogen-bond acceptors (Lipinski definition) is 5. The van der Waals surface area contributed by atoms with Crippen LogP contribution < -0.4 is 14.4 Å². The molecule has 3 aliphatic rings. The number of likely N-dealkylation sites (tertiary alicyclic amines) is 1. The van der Waals surface area contributed by atoms with Crippen LogP contribution in [-0.2, 0) is 9.59 Å². The van der Waals surface area contributed by atoms with Gasteiger partial charge in [-0.25, -0.2) is 0 Å². The number of nitrogens with zero attached hydrogens (tertiary/aromatic N) is 3. The van der Waals surface area contributed by atoms with Crippen LogP contribution in [0.2, 0.25) is 0 Å². The first kappa shape index (κ1) is 19.1. The highest BCUT2D eigenvalue weighted by Crippen LogP contribution is 2.36. The standard InChI is InChI=1S/C21H29N3O4/c1-3-23(16-6-8-22(2)9-7-16)21(26)15-12-20(25)24(14-15)17-4-5-18-19(13-17)28-11-10-27-18/h4-5,13,15-16H,3,6-12,14H2,1-2H3/t15-/m0/s1. The van der Waals surface area contributed by atoms with Crippen LogP contribution in [0.15, 0.2) is 18.2 Å². The van der Waals surface area contributed by atoms with Crippen molar-refractivity contribution in [2.75, 3.05) is 51.3 Å². The van der Waals surface area contributed by atoms with Crippen molar-refractivity contribution in [2.45, 2.75) is 32.2 Å². The van der Waals surface area contributed by atoms with Gasteiger partial charge in [-0.2, -0.15) is 0 Å². The second-order valence-corrected chi connectivity index (χ2v) is 7.89. The number of rotatable bonds is 4. The van der Waals surface area contributed by atoms with Crippen molar-refractivity contribution in [3.63, 3.8) is 0 Å². The van der Waals surface area contributed by atoms with Crippen molar-refractivity contribution in [3.8, 4) is 11.5 Å². The fraction of sp³-hybridized carbons (Fsp3) is 0.619. The molecule has 0 N–H and O–H groups in total. The zero-order valence-electron chi connectivity index (χ0n) is 16.7. The smallest absolute Gasteiger partial charge is 0.228 e. The maximum Gasteiger partial charge on any atom is 0.228 e. The van der Waals surface area contributed by atoms with Gasteiger partial charge in [-0.3, -0.25) is 9.59 Å². The molecule has 28 heavy (non-hydrogen) atoms. The van der Waals surface area contributed by atoms with E-state index >= 15 is 0 Å². The average molecular weight is 387 g/mol. The van der Waals surface area contributed by atoms with Gasteiger partial charge < -0.3 is 24.2 Å². The number of fused-ring (bicyclic) bond motifs is 1. The van der Waals surface area contributed by atoms with E-state index in [0.29, 0.717) is 37.8 Å². The number of amides is 2. The minimum absolute atomic E-state index is 0.00513. The third kappa shape index (κ3) is 3.68. The molecule has 0 unspecified atom stereocenters. The zero-order chi connectivity index (χ0) is 19.7. The third-order valence-corrected chi connectivity index (χ3v) is 6.06. The fourth-order valence-electron chi connectivity index (χ4n) is 4.46. The van der Waals surface area contributed by atoms with Gasteiger partial charge in [-0.05, 0) is 52.0 Å². The maximum atomic E-state index is 13.2. The molecule has 0 aromatic heterocycles. The summed E-state index contributed by atoms with van der Waals surface area (Å²) in [5, 5.41) is 0. The molecular formula is C21H29N3O4. The Morgan fingerprint density at radius 2 is 1.89 bits per heavy atom. The Labute approximate surface area is 166 Å². The minimum Gasteiger partial charge on any atom is -0.486 e. The van der Waals surface area contributed by atoms with Crippen molar-refractivity contribution in [1.82, 2.24) is 9.80 Å². The average Bonchev–Trinajstić information content (AvgIpc) is 3.11. The highest BCUT2D eigenvalue weighted by atomic mass is 16.6. The molecule has 1 atom stereocenters. The van der Waals surface area contributed by atoms with Crippen LogP contribution >= 0.6 is 0 Å². The lowest BCUT2D eigenvalue weighted by Gasteiger charge is -2.38. The summed E-state index contributed by atoms with van der Waals surface area (Å²) in [7, 11) is 2.12. The maximum absolute atomic E-state index is 13.2. The highest BCUT2D eigenvalue weighted by Gasteiger charge is 2.39. The Bertz CT molecular complexity index is 745. The van der Waals surface area contributed by atoms with Crippen LogP contribution in [0.4, 0.5) is 5.69 Å². The van der Waals surface area contributed by atoms with Gasteiger partial charge in [0.05, 0.1) is 5.92 Å². The summed E-state index contributed by atoms with van der Waals surface area (Å²) >= 11 is 0. The van der Waals surface area contributed by atoms with Crippen LogP contribution in [0.3, 0.4) is 0 Å². The normalized spacial score (nSPS) is 23.1. The molecule has 1 aromatic rings. The van der Waals surface area contributed by atoms with Gasteiger partial charge >= 0.3 is 0 Å². The summed E-state index contributed by atoms with van der Waals surface area (Å²) in [5.41, 5.74) is 0.770. The second-order valence-electron chi connectivity index (χ2n) is 7.89. The first-order valence-corrected chi connectivity index (χ1v) is 10.3. The highest BCUT2D eigenvalue weighted by molar-refractivity contribution is 6.00. The molecule has 2 saturated heterocycles. The first-order valence-electron chi connectivity index (χ1n) is 10.3. The summed E-state index contributed by atoms with van der Waals surface area (Å²) in [4.78, 5) is 31.9. The van der Waals surface area contributed by atoms with Crippen LogP contribution in [0.5, 0.6) is 11.5 Å². The van der Waals surface area contributed by atoms with E-state index in [0.717, 1.165) is 31.6 Å². The van der Waals surface area contributed by atoms with Crippen molar-refractivity contribution in [3.05, 3.63) is 18.2 Å². The summed E-state index contributed by atoms with van der Waals surface area (Å²) in [5.74, 6) is 1.20. The predicted molar refractivity (Wildman–Crippen MR) is 106 cm³/mol. The van der Waals surface area contributed by atoms with E-state index in [2.05, 4.69) is 11.9 Å². The number of piperidine rings is 1. The Morgan fingerprint density at radius 3 is 2.61 bits per heavy atom. The summed E-state index contributed by atoms with van der Waals surface area (Å²) in [6, 6.07) is 5.83. The van der Waals surface area contributed by atoms with E-state index in [1.165, 1.54) is 0 Å². The van der Waals surface area contributed by atoms with Gasteiger partial charge in [0.1, 0.15) is 13.2 Å². The Morgan fingerprint density at radius 1 is 1.18 bits per heavy atom. The van der Waals surface area contributed by atoms with E-state index in [9.17, 15) is 9.59 Å².